The zero-order valence-electron chi connectivity index (χ0n) is 12.7. The molecule has 2 amide bonds. The van der Waals surface area contributed by atoms with Gasteiger partial charge in [-0.1, -0.05) is 25.1 Å². The molecule has 1 saturated heterocycles. The Morgan fingerprint density at radius 1 is 1.33 bits per heavy atom. The molecule has 114 valence electrons. The smallest absolute Gasteiger partial charge is 0.318 e. The molecule has 2 atom stereocenters. The monoisotopic (exact) mass is 288 g/mol. The molecule has 0 aliphatic carbocycles. The number of carbonyl (C=O) groups is 1. The zero-order chi connectivity index (χ0) is 14.7. The summed E-state index contributed by atoms with van der Waals surface area (Å²) in [5, 5.41) is 3.22. The van der Waals surface area contributed by atoms with Crippen LogP contribution in [0.25, 0.3) is 0 Å². The summed E-state index contributed by atoms with van der Waals surface area (Å²) in [7, 11) is 0. The van der Waals surface area contributed by atoms with E-state index in [9.17, 15) is 4.79 Å². The van der Waals surface area contributed by atoms with Crippen LogP contribution in [0.15, 0.2) is 24.3 Å². The maximum Gasteiger partial charge on any atom is 0.318 e. The van der Waals surface area contributed by atoms with E-state index < -0.39 is 0 Å². The number of carbonyl (C=O) groups excluding carboxylic acids is 1. The predicted molar refractivity (Wildman–Crippen MR) is 82.5 cm³/mol. The van der Waals surface area contributed by atoms with Crippen LogP contribution in [0.4, 0.5) is 4.79 Å². The van der Waals surface area contributed by atoms with Crippen LogP contribution in [-0.2, 0) is 0 Å². The number of hydrogen-bond donors (Lipinski definition) is 1. The molecule has 0 radical (unpaired) electrons. The first-order chi connectivity index (χ1) is 10.3. The lowest BCUT2D eigenvalue weighted by atomic mass is 9.99. The van der Waals surface area contributed by atoms with Crippen molar-refractivity contribution in [3.8, 4) is 5.75 Å². The molecule has 0 bridgehead atoms. The lowest BCUT2D eigenvalue weighted by Crippen LogP contribution is -2.49. The number of benzene rings is 1. The van der Waals surface area contributed by atoms with Gasteiger partial charge in [0.05, 0.1) is 12.6 Å². The molecule has 0 saturated carbocycles. The van der Waals surface area contributed by atoms with Gasteiger partial charge in [0.1, 0.15) is 5.75 Å². The number of piperidine rings is 1. The Balaban J connectivity index is 1.70. The number of nitrogens with zero attached hydrogens (tertiary/aromatic N) is 1. The Morgan fingerprint density at radius 3 is 3.05 bits per heavy atom. The minimum Gasteiger partial charge on any atom is -0.493 e. The van der Waals surface area contributed by atoms with E-state index >= 15 is 0 Å². The molecular formula is C17H24N2O2. The quantitative estimate of drug-likeness (QED) is 0.905. The van der Waals surface area contributed by atoms with Gasteiger partial charge in [0.15, 0.2) is 0 Å². The molecule has 4 heteroatoms. The normalized spacial score (nSPS) is 24.9. The number of fused-ring (bicyclic) bond motifs is 1. The topological polar surface area (TPSA) is 41.6 Å². The Kier molecular flexibility index (Phi) is 4.32. The van der Waals surface area contributed by atoms with Crippen molar-refractivity contribution in [3.05, 3.63) is 29.8 Å². The highest BCUT2D eigenvalue weighted by molar-refractivity contribution is 5.75. The SMILES string of the molecule is CCC1CCCCN1C(=O)NC1CCOc2ccccc21. The summed E-state index contributed by atoms with van der Waals surface area (Å²) in [6.07, 6.45) is 5.37. The summed E-state index contributed by atoms with van der Waals surface area (Å²) in [5.41, 5.74) is 1.10. The lowest BCUT2D eigenvalue weighted by Gasteiger charge is -2.37. The molecule has 2 aliphatic heterocycles. The van der Waals surface area contributed by atoms with Crippen LogP contribution in [0.3, 0.4) is 0 Å². The fourth-order valence-electron chi connectivity index (χ4n) is 3.42. The van der Waals surface area contributed by atoms with Gasteiger partial charge < -0.3 is 15.0 Å². The summed E-state index contributed by atoms with van der Waals surface area (Å²) in [6, 6.07) is 8.55. The Bertz CT molecular complexity index is 503. The van der Waals surface area contributed by atoms with Crippen LogP contribution in [-0.4, -0.2) is 30.1 Å². The number of likely N-dealkylation sites (tertiary alicyclic amines) is 1. The molecular weight excluding hydrogens is 264 g/mol. The minimum absolute atomic E-state index is 0.0712. The predicted octanol–water partition coefficient (Wildman–Crippen LogP) is 3.48. The van der Waals surface area contributed by atoms with Gasteiger partial charge in [-0.2, -0.15) is 0 Å². The van der Waals surface area contributed by atoms with E-state index in [1.54, 1.807) is 0 Å². The third-order valence-corrected chi connectivity index (χ3v) is 4.62. The summed E-state index contributed by atoms with van der Waals surface area (Å²) in [5.74, 6) is 0.903. The number of amides is 2. The van der Waals surface area contributed by atoms with Crippen molar-refractivity contribution >= 4 is 6.03 Å². The molecule has 1 fully saturated rings. The van der Waals surface area contributed by atoms with Crippen molar-refractivity contribution in [1.29, 1.82) is 0 Å². The maximum atomic E-state index is 12.6. The van der Waals surface area contributed by atoms with Gasteiger partial charge in [-0.25, -0.2) is 4.79 Å². The van der Waals surface area contributed by atoms with Crippen molar-refractivity contribution in [2.24, 2.45) is 0 Å². The first-order valence-corrected chi connectivity index (χ1v) is 8.08. The first-order valence-electron chi connectivity index (χ1n) is 8.08. The molecule has 0 aromatic heterocycles. The second-order valence-corrected chi connectivity index (χ2v) is 5.93. The molecule has 0 spiro atoms. The van der Waals surface area contributed by atoms with Gasteiger partial charge in [-0.05, 0) is 31.7 Å². The second kappa shape index (κ2) is 6.37. The zero-order valence-corrected chi connectivity index (χ0v) is 12.7. The van der Waals surface area contributed by atoms with Gasteiger partial charge in [-0.3, -0.25) is 0 Å². The number of ether oxygens (including phenoxy) is 1. The number of para-hydroxylation sites is 1. The third-order valence-electron chi connectivity index (χ3n) is 4.62. The van der Waals surface area contributed by atoms with E-state index in [0.717, 1.165) is 43.5 Å². The van der Waals surface area contributed by atoms with Crippen LogP contribution in [0, 0.1) is 0 Å². The van der Waals surface area contributed by atoms with E-state index in [-0.39, 0.29) is 12.1 Å². The number of nitrogens with one attached hydrogen (secondary N) is 1. The van der Waals surface area contributed by atoms with Crippen LogP contribution < -0.4 is 10.1 Å². The molecule has 1 aromatic carbocycles. The second-order valence-electron chi connectivity index (χ2n) is 5.93. The summed E-state index contributed by atoms with van der Waals surface area (Å²) in [4.78, 5) is 14.6. The van der Waals surface area contributed by atoms with E-state index in [1.807, 2.05) is 29.2 Å². The van der Waals surface area contributed by atoms with E-state index in [2.05, 4.69) is 12.2 Å². The lowest BCUT2D eigenvalue weighted by molar-refractivity contribution is 0.142. The molecule has 21 heavy (non-hydrogen) atoms. The Labute approximate surface area is 126 Å². The van der Waals surface area contributed by atoms with E-state index in [1.165, 1.54) is 6.42 Å². The summed E-state index contributed by atoms with van der Waals surface area (Å²) >= 11 is 0. The largest absolute Gasteiger partial charge is 0.493 e. The number of rotatable bonds is 2. The van der Waals surface area contributed by atoms with Gasteiger partial charge >= 0.3 is 6.03 Å². The van der Waals surface area contributed by atoms with E-state index in [4.69, 9.17) is 4.74 Å². The minimum atomic E-state index is 0.0712. The van der Waals surface area contributed by atoms with Gasteiger partial charge in [0.2, 0.25) is 0 Å². The van der Waals surface area contributed by atoms with Crippen LogP contribution in [0.1, 0.15) is 50.6 Å². The number of hydrogen-bond acceptors (Lipinski definition) is 2. The summed E-state index contributed by atoms with van der Waals surface area (Å²) in [6.45, 7) is 3.72. The maximum absolute atomic E-state index is 12.6. The molecule has 4 nitrogen and oxygen atoms in total. The highest BCUT2D eigenvalue weighted by Crippen LogP contribution is 2.32. The molecule has 1 aromatic rings. The van der Waals surface area contributed by atoms with Crippen LogP contribution in [0.5, 0.6) is 5.75 Å². The fraction of sp³-hybridized carbons (Fsp3) is 0.588. The third kappa shape index (κ3) is 2.99. The van der Waals surface area contributed by atoms with Gasteiger partial charge in [0.25, 0.3) is 0 Å². The molecule has 2 aliphatic rings. The van der Waals surface area contributed by atoms with Crippen molar-refractivity contribution in [1.82, 2.24) is 10.2 Å². The van der Waals surface area contributed by atoms with Crippen molar-refractivity contribution in [2.75, 3.05) is 13.2 Å². The van der Waals surface area contributed by atoms with Gasteiger partial charge in [-0.15, -0.1) is 0 Å². The molecule has 3 rings (SSSR count). The van der Waals surface area contributed by atoms with Crippen molar-refractivity contribution < 1.29 is 9.53 Å². The molecule has 2 unspecified atom stereocenters. The highest BCUT2D eigenvalue weighted by Gasteiger charge is 2.29. The average molecular weight is 288 g/mol. The molecule has 1 N–H and O–H groups in total. The van der Waals surface area contributed by atoms with Crippen molar-refractivity contribution in [2.45, 2.75) is 51.1 Å². The van der Waals surface area contributed by atoms with Gasteiger partial charge in [0, 0.05) is 24.6 Å². The standard InChI is InChI=1S/C17H24N2O2/c1-2-13-7-5-6-11-19(13)17(20)18-15-10-12-21-16-9-4-3-8-14(15)16/h3-4,8-9,13,15H,2,5-7,10-12H2,1H3,(H,18,20). The van der Waals surface area contributed by atoms with Crippen molar-refractivity contribution in [3.63, 3.8) is 0 Å². The fourth-order valence-corrected chi connectivity index (χ4v) is 3.42. The summed E-state index contributed by atoms with van der Waals surface area (Å²) < 4.78 is 5.66. The highest BCUT2D eigenvalue weighted by atomic mass is 16.5. The van der Waals surface area contributed by atoms with Crippen LogP contribution in [0.2, 0.25) is 0 Å². The van der Waals surface area contributed by atoms with E-state index in [0.29, 0.717) is 12.6 Å². The molecule has 2 heterocycles. The van der Waals surface area contributed by atoms with Crippen LogP contribution >= 0.6 is 0 Å². The average Bonchev–Trinajstić information content (AvgIpc) is 2.55. The number of urea groups is 1. The first kappa shape index (κ1) is 14.2. The Hall–Kier alpha value is -1.71. The Morgan fingerprint density at radius 2 is 2.19 bits per heavy atom.